The van der Waals surface area contributed by atoms with Gasteiger partial charge < -0.3 is 31.5 Å². The van der Waals surface area contributed by atoms with E-state index in [0.717, 1.165) is 24.8 Å². The van der Waals surface area contributed by atoms with Crippen LogP contribution >= 0.6 is 11.8 Å². The summed E-state index contributed by atoms with van der Waals surface area (Å²) in [5.74, 6) is -4.23. The summed E-state index contributed by atoms with van der Waals surface area (Å²) in [7, 11) is 0. The van der Waals surface area contributed by atoms with Crippen molar-refractivity contribution < 1.29 is 33.6 Å². The summed E-state index contributed by atoms with van der Waals surface area (Å²) in [6.45, 7) is 8.94. The van der Waals surface area contributed by atoms with Gasteiger partial charge in [0.15, 0.2) is 0 Å². The summed E-state index contributed by atoms with van der Waals surface area (Å²) in [5, 5.41) is 14.2. The van der Waals surface area contributed by atoms with E-state index in [4.69, 9.17) is 0 Å². The summed E-state index contributed by atoms with van der Waals surface area (Å²) in [6, 6.07) is 4.30. The maximum atomic E-state index is 14.8. The number of thioether (sulfide) groups is 1. The first kappa shape index (κ1) is 42.3. The Morgan fingerprint density at radius 2 is 1.70 bits per heavy atom. The molecule has 1 aromatic carbocycles. The van der Waals surface area contributed by atoms with Gasteiger partial charge in [0.25, 0.3) is 11.8 Å². The molecule has 0 bridgehead atoms. The molecular formula is C40H54N8O7S. The number of amides is 6. The normalized spacial score (nSPS) is 22.0. The van der Waals surface area contributed by atoms with Gasteiger partial charge in [0.2, 0.25) is 29.4 Å². The number of Topliss-reactive ketones (excluding diaryl/α,β-unsaturated/α-hetero) is 1. The number of carbonyl (C=O) groups excluding carboxylic acids is 7. The lowest BCUT2D eigenvalue weighted by Gasteiger charge is -2.37. The van der Waals surface area contributed by atoms with Gasteiger partial charge in [0.1, 0.15) is 28.7 Å². The van der Waals surface area contributed by atoms with E-state index in [1.165, 1.54) is 35.3 Å². The standard InChI is InChI=1S/C40H54N8O7S/c1-6-13-27(32(50)37(54)43-24(2)25-14-9-7-10-15-25)44-35(52)29-20-40(47-30(49)22-56-40)23-48(29)38(55)33(39(3,4)5)46-36(53)31(26-16-11-8-12-17-26)45-34(51)28-21-41-18-19-42-28/h7,9-10,14-15,18-19,21,24,26-27,29,31,33H,6,8,11-13,16-17,20,22-23H2,1-5H3,(H,43,54)(H,44,52)(H,45,51)(H,46,53)(H,47,49)/t24-,27?,29-,31-,33?,40?/m0/s1. The number of nitrogens with one attached hydrogen (secondary N) is 5. The van der Waals surface area contributed by atoms with E-state index in [9.17, 15) is 33.6 Å². The summed E-state index contributed by atoms with van der Waals surface area (Å²) < 4.78 is 0. The predicted molar refractivity (Wildman–Crippen MR) is 210 cm³/mol. The molecule has 0 radical (unpaired) electrons. The molecule has 2 aromatic rings. The highest BCUT2D eigenvalue weighted by Gasteiger charge is 2.55. The molecule has 2 saturated heterocycles. The van der Waals surface area contributed by atoms with Crippen molar-refractivity contribution in [2.75, 3.05) is 12.3 Å². The van der Waals surface area contributed by atoms with E-state index >= 15 is 0 Å². The topological polar surface area (TPSA) is 209 Å². The summed E-state index contributed by atoms with van der Waals surface area (Å²) in [6.07, 6.45) is 9.08. The number of rotatable bonds is 14. The Morgan fingerprint density at radius 1 is 0.982 bits per heavy atom. The smallest absolute Gasteiger partial charge is 0.290 e. The van der Waals surface area contributed by atoms with E-state index in [-0.39, 0.29) is 42.7 Å². The average molecular weight is 791 g/mol. The van der Waals surface area contributed by atoms with Gasteiger partial charge in [-0.15, -0.1) is 11.8 Å². The highest BCUT2D eigenvalue weighted by molar-refractivity contribution is 8.01. The molecule has 3 aliphatic rings. The van der Waals surface area contributed by atoms with Crippen LogP contribution in [0.1, 0.15) is 108 Å². The summed E-state index contributed by atoms with van der Waals surface area (Å²) in [4.78, 5) is 104. The maximum absolute atomic E-state index is 14.8. The van der Waals surface area contributed by atoms with Gasteiger partial charge in [-0.05, 0) is 43.1 Å². The van der Waals surface area contributed by atoms with E-state index in [1.807, 2.05) is 37.3 Å². The summed E-state index contributed by atoms with van der Waals surface area (Å²) >= 11 is 1.30. The third-order valence-electron chi connectivity index (χ3n) is 10.7. The zero-order chi connectivity index (χ0) is 40.6. The first-order chi connectivity index (χ1) is 26.6. The number of ketones is 1. The van der Waals surface area contributed by atoms with Gasteiger partial charge >= 0.3 is 0 Å². The van der Waals surface area contributed by atoms with E-state index < -0.39 is 75.8 Å². The number of hydrogen-bond donors (Lipinski definition) is 5. The third kappa shape index (κ3) is 10.3. The predicted octanol–water partition coefficient (Wildman–Crippen LogP) is 2.58. The molecule has 3 fully saturated rings. The van der Waals surface area contributed by atoms with Crippen molar-refractivity contribution >= 4 is 53.0 Å². The first-order valence-corrected chi connectivity index (χ1v) is 20.4. The molecule has 1 saturated carbocycles. The van der Waals surface area contributed by atoms with Crippen LogP contribution < -0.4 is 26.6 Å². The molecule has 5 rings (SSSR count). The fraction of sp³-hybridized carbons (Fsp3) is 0.575. The molecular weight excluding hydrogens is 737 g/mol. The van der Waals surface area contributed by atoms with Crippen LogP contribution in [0, 0.1) is 11.3 Å². The molecule has 16 heteroatoms. The van der Waals surface area contributed by atoms with Crippen molar-refractivity contribution in [1.29, 1.82) is 0 Å². The molecule has 3 heterocycles. The fourth-order valence-electron chi connectivity index (χ4n) is 7.68. The molecule has 6 atom stereocenters. The molecule has 2 aliphatic heterocycles. The van der Waals surface area contributed by atoms with Gasteiger partial charge in [-0.2, -0.15) is 0 Å². The average Bonchev–Trinajstić information content (AvgIpc) is 3.76. The van der Waals surface area contributed by atoms with Crippen LogP contribution in [-0.2, 0) is 28.8 Å². The lowest BCUT2D eigenvalue weighted by molar-refractivity contribution is -0.145. The molecule has 5 N–H and O–H groups in total. The Morgan fingerprint density at radius 3 is 2.30 bits per heavy atom. The third-order valence-corrected chi connectivity index (χ3v) is 12.1. The zero-order valence-electron chi connectivity index (χ0n) is 32.8. The molecule has 302 valence electrons. The van der Waals surface area contributed by atoms with E-state index in [1.54, 1.807) is 27.7 Å². The highest BCUT2D eigenvalue weighted by Crippen LogP contribution is 2.41. The van der Waals surface area contributed by atoms with E-state index in [0.29, 0.717) is 19.3 Å². The van der Waals surface area contributed by atoms with Gasteiger partial charge in [-0.25, -0.2) is 4.98 Å². The Labute approximate surface area is 332 Å². The Bertz CT molecular complexity index is 1770. The monoisotopic (exact) mass is 790 g/mol. The van der Waals surface area contributed by atoms with E-state index in [2.05, 4.69) is 36.6 Å². The Balaban J connectivity index is 1.37. The lowest BCUT2D eigenvalue weighted by atomic mass is 9.82. The second-order valence-electron chi connectivity index (χ2n) is 16.1. The molecule has 6 amide bonds. The quantitative estimate of drug-likeness (QED) is 0.177. The molecule has 3 unspecified atom stereocenters. The van der Waals surface area contributed by atoms with Crippen molar-refractivity contribution in [1.82, 2.24) is 41.5 Å². The number of carbonyl (C=O) groups is 7. The van der Waals surface area contributed by atoms with Crippen LogP contribution in [0.4, 0.5) is 0 Å². The fourth-order valence-corrected chi connectivity index (χ4v) is 8.85. The minimum atomic E-state index is -1.16. The van der Waals surface area contributed by atoms with Gasteiger partial charge in [-0.3, -0.25) is 38.5 Å². The van der Waals surface area contributed by atoms with Crippen LogP contribution in [0.3, 0.4) is 0 Å². The lowest BCUT2D eigenvalue weighted by Crippen LogP contribution is -2.62. The largest absolute Gasteiger partial charge is 0.344 e. The molecule has 15 nitrogen and oxygen atoms in total. The number of nitrogens with zero attached hydrogens (tertiary/aromatic N) is 3. The van der Waals surface area contributed by atoms with Crippen molar-refractivity contribution in [3.63, 3.8) is 0 Å². The van der Waals surface area contributed by atoms with Crippen LogP contribution in [0.25, 0.3) is 0 Å². The Kier molecular flexibility index (Phi) is 13.9. The van der Waals surface area contributed by atoms with Crippen LogP contribution in [0.5, 0.6) is 0 Å². The first-order valence-electron chi connectivity index (χ1n) is 19.4. The second-order valence-corrected chi connectivity index (χ2v) is 17.4. The van der Waals surface area contributed by atoms with Crippen LogP contribution in [-0.4, -0.2) is 97.4 Å². The maximum Gasteiger partial charge on any atom is 0.290 e. The minimum absolute atomic E-state index is 0.0281. The highest BCUT2D eigenvalue weighted by atomic mass is 32.2. The van der Waals surface area contributed by atoms with Crippen LogP contribution in [0.15, 0.2) is 48.9 Å². The molecule has 1 aliphatic carbocycles. The minimum Gasteiger partial charge on any atom is -0.344 e. The van der Waals surface area contributed by atoms with Gasteiger partial charge in [-0.1, -0.05) is 83.7 Å². The zero-order valence-corrected chi connectivity index (χ0v) is 33.6. The van der Waals surface area contributed by atoms with Gasteiger partial charge in [0, 0.05) is 18.8 Å². The second kappa shape index (κ2) is 18.4. The van der Waals surface area contributed by atoms with Crippen molar-refractivity contribution in [2.45, 2.75) is 121 Å². The number of benzene rings is 1. The van der Waals surface area contributed by atoms with Crippen molar-refractivity contribution in [3.05, 3.63) is 60.2 Å². The summed E-state index contributed by atoms with van der Waals surface area (Å²) in [5.41, 5.74) is 0.000174. The Hall–Kier alpha value is -4.86. The molecule has 1 spiro atoms. The van der Waals surface area contributed by atoms with Crippen LogP contribution in [0.2, 0.25) is 0 Å². The number of hydrogen-bond acceptors (Lipinski definition) is 10. The SMILES string of the molecule is CCCC(NC(=O)[C@@H]1CC2(CN1C(=O)C(NC(=O)[C@@H](NC(=O)c1cnccn1)C1CCCCC1)C(C)(C)C)NC(=O)CS2)C(=O)C(=O)N[C@@H](C)c1ccccc1. The van der Waals surface area contributed by atoms with Gasteiger partial charge in [0.05, 0.1) is 30.6 Å². The number of likely N-dealkylation sites (tertiary alicyclic amines) is 1. The molecule has 1 aromatic heterocycles. The number of aromatic nitrogens is 2. The van der Waals surface area contributed by atoms with Crippen molar-refractivity contribution in [2.24, 2.45) is 11.3 Å². The molecule has 56 heavy (non-hydrogen) atoms. The van der Waals surface area contributed by atoms with Crippen molar-refractivity contribution in [3.8, 4) is 0 Å².